The van der Waals surface area contributed by atoms with Crippen molar-refractivity contribution in [1.82, 2.24) is 29.3 Å². The van der Waals surface area contributed by atoms with Gasteiger partial charge in [0.2, 0.25) is 20.0 Å². The van der Waals surface area contributed by atoms with Gasteiger partial charge >= 0.3 is 0 Å². The van der Waals surface area contributed by atoms with Gasteiger partial charge in [-0.2, -0.15) is 4.31 Å². The average Bonchev–Trinajstić information content (AvgIpc) is 3.57. The number of imidazole rings is 1. The summed E-state index contributed by atoms with van der Waals surface area (Å²) in [6.45, 7) is 3.07. The number of rotatable bonds is 10. The number of aromatic nitrogens is 3. The van der Waals surface area contributed by atoms with Crippen molar-refractivity contribution in [1.29, 1.82) is 0 Å². The molecule has 1 aromatic carbocycles. The normalized spacial score (nSPS) is 20.7. The minimum absolute atomic E-state index is 0.00965. The van der Waals surface area contributed by atoms with Crippen molar-refractivity contribution in [2.45, 2.75) is 53.7 Å². The molecule has 5 rings (SSSR count). The Balaban J connectivity index is 1.10. The van der Waals surface area contributed by atoms with Gasteiger partial charge in [-0.05, 0) is 51.4 Å². The number of fused-ring (bicyclic) bond motifs is 1. The zero-order valence-corrected chi connectivity index (χ0v) is 24.0. The number of pyridine rings is 1. The van der Waals surface area contributed by atoms with Crippen LogP contribution in [0.4, 0.5) is 0 Å². The molecule has 1 spiro atoms. The topological polar surface area (TPSA) is 176 Å². The molecule has 3 aromatic rings. The molecule has 4 N–H and O–H groups in total. The average molecular weight is 595 g/mol. The van der Waals surface area contributed by atoms with Gasteiger partial charge in [0, 0.05) is 31.7 Å². The molecule has 0 aliphatic carbocycles. The van der Waals surface area contributed by atoms with E-state index in [0.717, 1.165) is 0 Å². The van der Waals surface area contributed by atoms with Crippen molar-refractivity contribution in [2.24, 2.45) is 0 Å². The molecular weight excluding hydrogens is 560 g/mol. The molecule has 0 saturated carbocycles. The summed E-state index contributed by atoms with van der Waals surface area (Å²) < 4.78 is 66.2. The number of H-pyrrole nitrogens is 1. The molecular formula is C25H34N6O7S2. The van der Waals surface area contributed by atoms with Gasteiger partial charge in [0.05, 0.1) is 29.1 Å². The maximum atomic E-state index is 13.4. The molecule has 2 aromatic heterocycles. The van der Waals surface area contributed by atoms with E-state index in [4.69, 9.17) is 9.47 Å². The van der Waals surface area contributed by atoms with Gasteiger partial charge < -0.3 is 24.9 Å². The minimum Gasteiger partial charge on any atom is -0.491 e. The Labute approximate surface area is 233 Å². The fourth-order valence-electron chi connectivity index (χ4n) is 5.21. The zero-order chi connectivity index (χ0) is 28.5. The predicted molar refractivity (Wildman–Crippen MR) is 146 cm³/mol. The number of aromatic amines is 1. The molecule has 15 heteroatoms. The van der Waals surface area contributed by atoms with E-state index in [1.807, 2.05) is 0 Å². The summed E-state index contributed by atoms with van der Waals surface area (Å²) in [5.74, 6) is 0.343. The number of aliphatic hydroxyl groups excluding tert-OH is 1. The summed E-state index contributed by atoms with van der Waals surface area (Å²) in [6, 6.07) is 7.64. The van der Waals surface area contributed by atoms with Crippen molar-refractivity contribution in [2.75, 3.05) is 39.9 Å². The molecule has 2 fully saturated rings. The Morgan fingerprint density at radius 2 is 2.02 bits per heavy atom. The number of benzene rings is 1. The number of piperidine rings is 1. The molecule has 4 heterocycles. The highest BCUT2D eigenvalue weighted by Gasteiger charge is 2.45. The van der Waals surface area contributed by atoms with E-state index in [9.17, 15) is 21.9 Å². The quantitative estimate of drug-likeness (QED) is 0.259. The molecule has 0 radical (unpaired) electrons. The Morgan fingerprint density at radius 3 is 2.77 bits per heavy atom. The van der Waals surface area contributed by atoms with Crippen LogP contribution < -0.4 is 14.8 Å². The summed E-state index contributed by atoms with van der Waals surface area (Å²) >= 11 is 0. The molecule has 40 heavy (non-hydrogen) atoms. The van der Waals surface area contributed by atoms with E-state index >= 15 is 0 Å². The lowest BCUT2D eigenvalue weighted by molar-refractivity contribution is -0.0312. The van der Waals surface area contributed by atoms with Crippen molar-refractivity contribution in [3.8, 4) is 5.75 Å². The maximum Gasteiger partial charge on any atom is 0.244 e. The molecule has 2 saturated heterocycles. The van der Waals surface area contributed by atoms with E-state index in [1.54, 1.807) is 25.1 Å². The lowest BCUT2D eigenvalue weighted by Gasteiger charge is -2.38. The van der Waals surface area contributed by atoms with Crippen LogP contribution in [-0.4, -0.2) is 98.8 Å². The standard InChI is InChI=1S/C25H34N6O7S2/c1-17-23(11-22-24(30-17)29-16-28-22)40(35,36)31-8-6-25(7-9-31)12-18(14-38-25)27-13-19(32)15-37-20-4-3-5-21(10-20)39(33,34)26-2/h3-5,10-11,16,18-19,26-27,32H,6-9,12-15H2,1-2H3,(H,28,29,30)/t18-,19+/m1/s1. The lowest BCUT2D eigenvalue weighted by Crippen LogP contribution is -2.47. The first-order valence-electron chi connectivity index (χ1n) is 13.0. The van der Waals surface area contributed by atoms with Gasteiger partial charge in [-0.1, -0.05) is 6.07 Å². The highest BCUT2D eigenvalue weighted by atomic mass is 32.2. The van der Waals surface area contributed by atoms with Crippen LogP contribution in [0.1, 0.15) is 25.0 Å². The second-order valence-electron chi connectivity index (χ2n) is 10.2. The third-order valence-corrected chi connectivity index (χ3v) is 10.9. The number of aryl methyl sites for hydroxylation is 1. The van der Waals surface area contributed by atoms with Gasteiger partial charge in [-0.3, -0.25) is 0 Å². The van der Waals surface area contributed by atoms with Crippen molar-refractivity contribution < 1.29 is 31.4 Å². The third-order valence-electron chi connectivity index (χ3n) is 7.48. The van der Waals surface area contributed by atoms with E-state index in [1.165, 1.54) is 29.8 Å². The second-order valence-corrected chi connectivity index (χ2v) is 14.0. The molecule has 0 unspecified atom stereocenters. The van der Waals surface area contributed by atoms with Crippen molar-refractivity contribution >= 4 is 31.2 Å². The van der Waals surface area contributed by atoms with Crippen LogP contribution in [-0.2, 0) is 24.8 Å². The summed E-state index contributed by atoms with van der Waals surface area (Å²) in [4.78, 5) is 11.6. The van der Waals surface area contributed by atoms with Crippen LogP contribution in [0.5, 0.6) is 5.75 Å². The maximum absolute atomic E-state index is 13.4. The van der Waals surface area contributed by atoms with Crippen LogP contribution in [0.3, 0.4) is 0 Å². The van der Waals surface area contributed by atoms with Gasteiger partial charge in [0.1, 0.15) is 28.9 Å². The van der Waals surface area contributed by atoms with Crippen LogP contribution in [0.15, 0.2) is 46.5 Å². The summed E-state index contributed by atoms with van der Waals surface area (Å²) in [5, 5.41) is 13.7. The third kappa shape index (κ3) is 6.00. The van der Waals surface area contributed by atoms with Crippen molar-refractivity contribution in [3.05, 3.63) is 42.4 Å². The molecule has 13 nitrogen and oxygen atoms in total. The number of sulfonamides is 2. The summed E-state index contributed by atoms with van der Waals surface area (Å²) in [5.41, 5.74) is 1.08. The lowest BCUT2D eigenvalue weighted by atomic mass is 9.88. The number of nitrogens with zero attached hydrogens (tertiary/aromatic N) is 3. The zero-order valence-electron chi connectivity index (χ0n) is 22.3. The first-order valence-corrected chi connectivity index (χ1v) is 16.0. The molecule has 2 aliphatic rings. The van der Waals surface area contributed by atoms with Gasteiger partial charge in [-0.25, -0.2) is 31.5 Å². The molecule has 0 bridgehead atoms. The fourth-order valence-corrected chi connectivity index (χ4v) is 7.59. The number of nitrogens with one attached hydrogen (secondary N) is 3. The number of hydrogen-bond acceptors (Lipinski definition) is 10. The number of aliphatic hydroxyl groups is 1. The van der Waals surface area contributed by atoms with Gasteiger partial charge in [0.15, 0.2) is 5.65 Å². The van der Waals surface area contributed by atoms with Crippen molar-refractivity contribution in [3.63, 3.8) is 0 Å². The number of hydrogen-bond donors (Lipinski definition) is 4. The Morgan fingerprint density at radius 1 is 1.25 bits per heavy atom. The molecule has 0 amide bonds. The van der Waals surface area contributed by atoms with E-state index < -0.39 is 31.8 Å². The number of ether oxygens (including phenoxy) is 2. The highest BCUT2D eigenvalue weighted by molar-refractivity contribution is 7.89. The Hall–Kier alpha value is -2.66. The predicted octanol–water partition coefficient (Wildman–Crippen LogP) is 0.516. The Bertz CT molecular complexity index is 1570. The first kappa shape index (κ1) is 28.9. The monoisotopic (exact) mass is 594 g/mol. The molecule has 218 valence electrons. The van der Waals surface area contributed by atoms with Gasteiger partial charge in [0.25, 0.3) is 0 Å². The molecule has 2 aliphatic heterocycles. The summed E-state index contributed by atoms with van der Waals surface area (Å²) in [6.07, 6.45) is 2.51. The second kappa shape index (κ2) is 11.3. The summed E-state index contributed by atoms with van der Waals surface area (Å²) in [7, 11) is -5.98. The Kier molecular flexibility index (Phi) is 8.16. The fraction of sp³-hybridized carbons (Fsp3) is 0.520. The van der Waals surface area contributed by atoms with Crippen LogP contribution >= 0.6 is 0 Å². The highest BCUT2D eigenvalue weighted by Crippen LogP contribution is 2.37. The molecule has 2 atom stereocenters. The van der Waals surface area contributed by atoms with E-state index in [-0.39, 0.29) is 29.0 Å². The van der Waals surface area contributed by atoms with E-state index in [0.29, 0.717) is 61.6 Å². The SMILES string of the molecule is CNS(=O)(=O)c1cccc(OC[C@@H](O)CN[C@H]2COC3(CCN(S(=O)(=O)c4cc5nc[nH]c5nc4C)CC3)C2)c1. The van der Waals surface area contributed by atoms with Crippen LogP contribution in [0.2, 0.25) is 0 Å². The first-order chi connectivity index (χ1) is 19.0. The van der Waals surface area contributed by atoms with Gasteiger partial charge in [-0.15, -0.1) is 0 Å². The largest absolute Gasteiger partial charge is 0.491 e. The van der Waals surface area contributed by atoms with E-state index in [2.05, 4.69) is 25.0 Å². The van der Waals surface area contributed by atoms with Crippen LogP contribution in [0.25, 0.3) is 11.2 Å². The van der Waals surface area contributed by atoms with Crippen LogP contribution in [0, 0.1) is 6.92 Å². The minimum atomic E-state index is -3.72. The smallest absolute Gasteiger partial charge is 0.244 e.